The van der Waals surface area contributed by atoms with Crippen molar-refractivity contribution in [1.29, 1.82) is 0 Å². The first kappa shape index (κ1) is 14.2. The van der Waals surface area contributed by atoms with E-state index in [1.807, 2.05) is 11.8 Å². The van der Waals surface area contributed by atoms with Crippen LogP contribution in [0.25, 0.3) is 0 Å². The molecule has 1 fully saturated rings. The third-order valence-electron chi connectivity index (χ3n) is 3.77. The molecule has 0 radical (unpaired) electrons. The first-order valence-corrected chi connectivity index (χ1v) is 8.23. The molecular weight excluding hydrogens is 242 g/mol. The van der Waals surface area contributed by atoms with Crippen LogP contribution in [0, 0.1) is 5.92 Å². The van der Waals surface area contributed by atoms with E-state index in [-0.39, 0.29) is 0 Å². The van der Waals surface area contributed by atoms with Crippen LogP contribution in [0.2, 0.25) is 0 Å². The smallest absolute Gasteiger partial charge is 0.157 e. The van der Waals surface area contributed by atoms with Crippen molar-refractivity contribution >= 4 is 16.9 Å². The van der Waals surface area contributed by atoms with Gasteiger partial charge in [0.1, 0.15) is 0 Å². The van der Waals surface area contributed by atoms with Crippen molar-refractivity contribution < 1.29 is 0 Å². The second-order valence-corrected chi connectivity index (χ2v) is 7.18. The van der Waals surface area contributed by atoms with E-state index >= 15 is 0 Å². The van der Waals surface area contributed by atoms with E-state index in [0.29, 0.717) is 11.3 Å². The molecule has 0 amide bonds. The van der Waals surface area contributed by atoms with Gasteiger partial charge in [-0.2, -0.15) is 0 Å². The second-order valence-electron chi connectivity index (χ2n) is 5.95. The van der Waals surface area contributed by atoms with Crippen LogP contribution in [0.5, 0.6) is 0 Å². The number of nitrogens with zero attached hydrogens (tertiary/aromatic N) is 2. The number of rotatable bonds is 4. The number of piperidine rings is 1. The lowest BCUT2D eigenvalue weighted by Crippen LogP contribution is -2.42. The van der Waals surface area contributed by atoms with Crippen LogP contribution in [-0.4, -0.2) is 47.5 Å². The van der Waals surface area contributed by atoms with Crippen molar-refractivity contribution in [3.05, 3.63) is 0 Å². The van der Waals surface area contributed by atoms with Crippen LogP contribution in [0.15, 0.2) is 4.99 Å². The Morgan fingerprint density at radius 3 is 2.61 bits per heavy atom. The zero-order valence-corrected chi connectivity index (χ0v) is 12.8. The lowest BCUT2D eigenvalue weighted by atomic mass is 10.1. The molecule has 2 rings (SSSR count). The molecule has 0 aliphatic carbocycles. The number of aliphatic imine (C=N–C) groups is 1. The molecule has 2 aliphatic heterocycles. The molecule has 4 heteroatoms. The molecule has 0 bridgehead atoms. The van der Waals surface area contributed by atoms with E-state index in [9.17, 15) is 0 Å². The van der Waals surface area contributed by atoms with Gasteiger partial charge in [0.15, 0.2) is 5.17 Å². The Balaban J connectivity index is 1.69. The molecule has 0 aromatic carbocycles. The zero-order valence-electron chi connectivity index (χ0n) is 12.0. The topological polar surface area (TPSA) is 27.6 Å². The number of hydrogen-bond donors (Lipinski definition) is 1. The lowest BCUT2D eigenvalue weighted by Gasteiger charge is -2.29. The maximum atomic E-state index is 4.62. The Hall–Kier alpha value is -0.220. The highest BCUT2D eigenvalue weighted by Gasteiger charge is 2.23. The molecule has 18 heavy (non-hydrogen) atoms. The van der Waals surface area contributed by atoms with Gasteiger partial charge in [0, 0.05) is 17.8 Å². The molecule has 3 nitrogen and oxygen atoms in total. The van der Waals surface area contributed by atoms with Gasteiger partial charge < -0.3 is 10.2 Å². The van der Waals surface area contributed by atoms with Gasteiger partial charge in [-0.25, -0.2) is 0 Å². The Morgan fingerprint density at radius 2 is 2.00 bits per heavy atom. The summed E-state index contributed by atoms with van der Waals surface area (Å²) in [5.74, 6) is 0.718. The second kappa shape index (κ2) is 6.80. The predicted octanol–water partition coefficient (Wildman–Crippen LogP) is 2.58. The van der Waals surface area contributed by atoms with Crippen LogP contribution < -0.4 is 5.32 Å². The Morgan fingerprint density at radius 1 is 1.28 bits per heavy atom. The SMILES string of the molecule is CC(CN1CCCCC1)NC1=NCC(C(C)C)S1. The third kappa shape index (κ3) is 4.16. The van der Waals surface area contributed by atoms with Crippen LogP contribution in [0.4, 0.5) is 0 Å². The summed E-state index contributed by atoms with van der Waals surface area (Å²) < 4.78 is 0. The molecule has 2 unspecified atom stereocenters. The molecular formula is C14H27N3S. The molecule has 2 heterocycles. The summed E-state index contributed by atoms with van der Waals surface area (Å²) in [5.41, 5.74) is 0. The summed E-state index contributed by atoms with van der Waals surface area (Å²) >= 11 is 1.93. The van der Waals surface area contributed by atoms with Crippen molar-refractivity contribution in [2.75, 3.05) is 26.2 Å². The first-order chi connectivity index (χ1) is 8.65. The largest absolute Gasteiger partial charge is 0.361 e. The van der Waals surface area contributed by atoms with Crippen LogP contribution in [0.1, 0.15) is 40.0 Å². The average Bonchev–Trinajstić information content (AvgIpc) is 2.78. The number of amidine groups is 1. The van der Waals surface area contributed by atoms with Gasteiger partial charge in [0.2, 0.25) is 0 Å². The van der Waals surface area contributed by atoms with Gasteiger partial charge in [-0.15, -0.1) is 0 Å². The van der Waals surface area contributed by atoms with Crippen LogP contribution >= 0.6 is 11.8 Å². The summed E-state index contributed by atoms with van der Waals surface area (Å²) in [6, 6.07) is 0.514. The molecule has 0 aromatic heterocycles. The van der Waals surface area contributed by atoms with Crippen molar-refractivity contribution in [3.8, 4) is 0 Å². The average molecular weight is 269 g/mol. The fraction of sp³-hybridized carbons (Fsp3) is 0.929. The Labute approximate surface area is 116 Å². The summed E-state index contributed by atoms with van der Waals surface area (Å²) in [5, 5.41) is 5.42. The summed E-state index contributed by atoms with van der Waals surface area (Å²) in [6.07, 6.45) is 4.16. The minimum Gasteiger partial charge on any atom is -0.361 e. The van der Waals surface area contributed by atoms with Gasteiger partial charge in [-0.05, 0) is 38.8 Å². The highest BCUT2D eigenvalue weighted by Crippen LogP contribution is 2.26. The van der Waals surface area contributed by atoms with E-state index in [1.165, 1.54) is 37.5 Å². The fourth-order valence-corrected chi connectivity index (χ4v) is 3.73. The van der Waals surface area contributed by atoms with Gasteiger partial charge in [-0.3, -0.25) is 4.99 Å². The maximum Gasteiger partial charge on any atom is 0.157 e. The van der Waals surface area contributed by atoms with Gasteiger partial charge >= 0.3 is 0 Å². The van der Waals surface area contributed by atoms with Crippen molar-refractivity contribution in [2.45, 2.75) is 51.3 Å². The Bertz CT molecular complexity index is 285. The maximum absolute atomic E-state index is 4.62. The molecule has 2 atom stereocenters. The highest BCUT2D eigenvalue weighted by atomic mass is 32.2. The quantitative estimate of drug-likeness (QED) is 0.850. The number of thioether (sulfide) groups is 1. The van der Waals surface area contributed by atoms with E-state index in [4.69, 9.17) is 0 Å². The number of nitrogens with one attached hydrogen (secondary N) is 1. The van der Waals surface area contributed by atoms with E-state index in [2.05, 4.69) is 36.0 Å². The van der Waals surface area contributed by atoms with E-state index in [0.717, 1.165) is 19.0 Å². The lowest BCUT2D eigenvalue weighted by molar-refractivity contribution is 0.215. The summed E-state index contributed by atoms with van der Waals surface area (Å²) in [7, 11) is 0. The summed E-state index contributed by atoms with van der Waals surface area (Å²) in [4.78, 5) is 7.21. The van der Waals surface area contributed by atoms with Gasteiger partial charge in [-0.1, -0.05) is 32.0 Å². The molecule has 2 aliphatic rings. The third-order valence-corrected chi connectivity index (χ3v) is 5.24. The minimum atomic E-state index is 0.514. The highest BCUT2D eigenvalue weighted by molar-refractivity contribution is 8.14. The molecule has 104 valence electrons. The Kier molecular flexibility index (Phi) is 5.37. The van der Waals surface area contributed by atoms with Crippen LogP contribution in [-0.2, 0) is 0 Å². The molecule has 0 aromatic rings. The molecule has 1 saturated heterocycles. The van der Waals surface area contributed by atoms with Crippen molar-refractivity contribution in [1.82, 2.24) is 10.2 Å². The van der Waals surface area contributed by atoms with Gasteiger partial charge in [0.25, 0.3) is 0 Å². The standard InChI is InChI=1S/C14H27N3S/c1-11(2)13-9-15-14(18-13)16-12(3)10-17-7-5-4-6-8-17/h11-13H,4-10H2,1-3H3,(H,15,16). The van der Waals surface area contributed by atoms with Gasteiger partial charge in [0.05, 0.1) is 6.54 Å². The molecule has 0 saturated carbocycles. The van der Waals surface area contributed by atoms with E-state index in [1.54, 1.807) is 0 Å². The van der Waals surface area contributed by atoms with Crippen molar-refractivity contribution in [2.24, 2.45) is 10.9 Å². The monoisotopic (exact) mass is 269 g/mol. The van der Waals surface area contributed by atoms with Crippen LogP contribution in [0.3, 0.4) is 0 Å². The first-order valence-electron chi connectivity index (χ1n) is 7.35. The predicted molar refractivity (Wildman–Crippen MR) is 81.4 cm³/mol. The van der Waals surface area contributed by atoms with Crippen molar-refractivity contribution in [3.63, 3.8) is 0 Å². The number of likely N-dealkylation sites (tertiary alicyclic amines) is 1. The summed E-state index contributed by atoms with van der Waals surface area (Å²) in [6.45, 7) is 11.6. The minimum absolute atomic E-state index is 0.514. The normalized spacial score (nSPS) is 27.3. The van der Waals surface area contributed by atoms with E-state index < -0.39 is 0 Å². The molecule has 1 N–H and O–H groups in total. The zero-order chi connectivity index (χ0) is 13.0. The molecule has 0 spiro atoms. The fourth-order valence-electron chi connectivity index (χ4n) is 2.60. The number of hydrogen-bond acceptors (Lipinski definition) is 4.